The van der Waals surface area contributed by atoms with Gasteiger partial charge in [-0.1, -0.05) is 6.08 Å². The molecule has 2 aliphatic rings. The Hall–Kier alpha value is -0.590. The summed E-state index contributed by atoms with van der Waals surface area (Å²) in [5.74, 6) is 0.933. The van der Waals surface area contributed by atoms with Crippen molar-refractivity contribution >= 4 is 6.21 Å². The SMILES string of the molecule is C1=NCC(C2CC2)=CC1. The lowest BCUT2D eigenvalue weighted by Crippen LogP contribution is -1.96. The molecule has 0 N–H and O–H groups in total. The van der Waals surface area contributed by atoms with E-state index in [9.17, 15) is 0 Å². The molecule has 0 spiro atoms. The summed E-state index contributed by atoms with van der Waals surface area (Å²) in [6.07, 6.45) is 8.26. The Labute approximate surface area is 55.5 Å². The smallest absolute Gasteiger partial charge is 0.0598 e. The maximum absolute atomic E-state index is 4.23. The molecular formula is C8H11N. The van der Waals surface area contributed by atoms with Crippen LogP contribution < -0.4 is 0 Å². The van der Waals surface area contributed by atoms with Gasteiger partial charge in [0, 0.05) is 12.6 Å². The van der Waals surface area contributed by atoms with E-state index in [1.54, 1.807) is 5.57 Å². The molecule has 1 fully saturated rings. The standard InChI is InChI=1S/C8H11N/c1-2-8(6-9-5-1)7-3-4-7/h2,5,7H,1,3-4,6H2. The Morgan fingerprint density at radius 1 is 1.44 bits per heavy atom. The van der Waals surface area contributed by atoms with E-state index in [1.807, 2.05) is 6.21 Å². The van der Waals surface area contributed by atoms with E-state index in [0.29, 0.717) is 0 Å². The van der Waals surface area contributed by atoms with Crippen LogP contribution in [0.3, 0.4) is 0 Å². The lowest BCUT2D eigenvalue weighted by atomic mass is 10.1. The zero-order valence-corrected chi connectivity index (χ0v) is 5.51. The van der Waals surface area contributed by atoms with E-state index in [0.717, 1.165) is 18.9 Å². The predicted molar refractivity (Wildman–Crippen MR) is 38.8 cm³/mol. The zero-order valence-electron chi connectivity index (χ0n) is 5.51. The van der Waals surface area contributed by atoms with Gasteiger partial charge in [-0.05, 0) is 24.3 Å². The van der Waals surface area contributed by atoms with Gasteiger partial charge in [-0.2, -0.15) is 0 Å². The molecule has 1 aliphatic carbocycles. The number of nitrogens with zero attached hydrogens (tertiary/aromatic N) is 1. The monoisotopic (exact) mass is 121 g/mol. The highest BCUT2D eigenvalue weighted by atomic mass is 14.7. The van der Waals surface area contributed by atoms with Crippen LogP contribution in [0.1, 0.15) is 19.3 Å². The lowest BCUT2D eigenvalue weighted by molar-refractivity contribution is 0.918. The van der Waals surface area contributed by atoms with Gasteiger partial charge in [0.05, 0.1) is 6.54 Å². The van der Waals surface area contributed by atoms with Gasteiger partial charge in [-0.15, -0.1) is 0 Å². The minimum absolute atomic E-state index is 0.933. The number of aliphatic imine (C=N–C) groups is 1. The zero-order chi connectivity index (χ0) is 6.10. The minimum Gasteiger partial charge on any atom is -0.293 e. The van der Waals surface area contributed by atoms with Crippen LogP contribution in [-0.2, 0) is 0 Å². The summed E-state index contributed by atoms with van der Waals surface area (Å²) >= 11 is 0. The highest BCUT2D eigenvalue weighted by Gasteiger charge is 2.25. The molecule has 48 valence electrons. The Bertz CT molecular complexity index is 163. The van der Waals surface area contributed by atoms with Gasteiger partial charge in [-0.25, -0.2) is 0 Å². The van der Waals surface area contributed by atoms with E-state index in [-0.39, 0.29) is 0 Å². The van der Waals surface area contributed by atoms with Crippen LogP contribution in [0.5, 0.6) is 0 Å². The molecule has 0 bridgehead atoms. The number of dihydropyridines is 1. The van der Waals surface area contributed by atoms with E-state index in [2.05, 4.69) is 11.1 Å². The van der Waals surface area contributed by atoms with Crippen LogP contribution in [0.25, 0.3) is 0 Å². The molecule has 0 saturated heterocycles. The molecule has 0 radical (unpaired) electrons. The fraction of sp³-hybridized carbons (Fsp3) is 0.625. The van der Waals surface area contributed by atoms with Gasteiger partial charge in [-0.3, -0.25) is 4.99 Å². The van der Waals surface area contributed by atoms with Crippen molar-refractivity contribution in [2.45, 2.75) is 19.3 Å². The molecule has 0 aromatic rings. The summed E-state index contributed by atoms with van der Waals surface area (Å²) < 4.78 is 0. The summed E-state index contributed by atoms with van der Waals surface area (Å²) in [5.41, 5.74) is 1.59. The molecule has 1 heterocycles. The molecule has 9 heavy (non-hydrogen) atoms. The molecule has 0 aromatic heterocycles. The van der Waals surface area contributed by atoms with Gasteiger partial charge in [0.2, 0.25) is 0 Å². The van der Waals surface area contributed by atoms with Gasteiger partial charge in [0.1, 0.15) is 0 Å². The maximum Gasteiger partial charge on any atom is 0.0598 e. The van der Waals surface area contributed by atoms with Crippen LogP contribution in [0.15, 0.2) is 16.6 Å². The van der Waals surface area contributed by atoms with E-state index in [4.69, 9.17) is 0 Å². The van der Waals surface area contributed by atoms with Crippen molar-refractivity contribution in [2.75, 3.05) is 6.54 Å². The quantitative estimate of drug-likeness (QED) is 0.469. The molecule has 1 saturated carbocycles. The molecule has 1 nitrogen and oxygen atoms in total. The van der Waals surface area contributed by atoms with Gasteiger partial charge >= 0.3 is 0 Å². The van der Waals surface area contributed by atoms with Crippen molar-refractivity contribution in [2.24, 2.45) is 10.9 Å². The minimum atomic E-state index is 0.933. The third kappa shape index (κ3) is 1.04. The molecule has 0 atom stereocenters. The number of allylic oxidation sites excluding steroid dienone is 1. The molecule has 0 amide bonds. The first-order valence-corrected chi connectivity index (χ1v) is 3.64. The average molecular weight is 121 g/mol. The van der Waals surface area contributed by atoms with Crippen LogP contribution in [-0.4, -0.2) is 12.8 Å². The largest absolute Gasteiger partial charge is 0.293 e. The number of hydrogen-bond acceptors (Lipinski definition) is 1. The Balaban J connectivity index is 2.02. The maximum atomic E-state index is 4.23. The van der Waals surface area contributed by atoms with E-state index in [1.165, 1.54) is 12.8 Å². The molecular weight excluding hydrogens is 110 g/mol. The average Bonchev–Trinajstić information content (AvgIpc) is 2.71. The number of hydrogen-bond donors (Lipinski definition) is 0. The van der Waals surface area contributed by atoms with Gasteiger partial charge < -0.3 is 0 Å². The van der Waals surface area contributed by atoms with Crippen molar-refractivity contribution in [1.29, 1.82) is 0 Å². The normalized spacial score (nSPS) is 26.0. The Morgan fingerprint density at radius 2 is 2.33 bits per heavy atom. The second kappa shape index (κ2) is 1.98. The summed E-state index contributed by atoms with van der Waals surface area (Å²) in [6.45, 7) is 0.991. The first-order valence-electron chi connectivity index (χ1n) is 3.64. The third-order valence-electron chi connectivity index (χ3n) is 1.99. The third-order valence-corrected chi connectivity index (χ3v) is 1.99. The first kappa shape index (κ1) is 5.21. The lowest BCUT2D eigenvalue weighted by Gasteiger charge is -2.04. The summed E-state index contributed by atoms with van der Waals surface area (Å²) in [5, 5.41) is 0. The summed E-state index contributed by atoms with van der Waals surface area (Å²) in [7, 11) is 0. The highest BCUT2D eigenvalue weighted by molar-refractivity contribution is 5.61. The van der Waals surface area contributed by atoms with Gasteiger partial charge in [0.25, 0.3) is 0 Å². The molecule has 2 rings (SSSR count). The number of rotatable bonds is 1. The second-order valence-electron chi connectivity index (χ2n) is 2.81. The fourth-order valence-corrected chi connectivity index (χ4v) is 1.26. The highest BCUT2D eigenvalue weighted by Crippen LogP contribution is 2.37. The second-order valence-corrected chi connectivity index (χ2v) is 2.81. The summed E-state index contributed by atoms with van der Waals surface area (Å²) in [6, 6.07) is 0. The first-order chi connectivity index (χ1) is 4.47. The van der Waals surface area contributed by atoms with Crippen molar-refractivity contribution < 1.29 is 0 Å². The van der Waals surface area contributed by atoms with Crippen molar-refractivity contribution in [3.63, 3.8) is 0 Å². The molecule has 1 aliphatic heterocycles. The fourth-order valence-electron chi connectivity index (χ4n) is 1.26. The van der Waals surface area contributed by atoms with Crippen LogP contribution in [0.2, 0.25) is 0 Å². The van der Waals surface area contributed by atoms with Crippen LogP contribution in [0, 0.1) is 5.92 Å². The predicted octanol–water partition coefficient (Wildman–Crippen LogP) is 1.80. The van der Waals surface area contributed by atoms with Crippen molar-refractivity contribution in [3.8, 4) is 0 Å². The Morgan fingerprint density at radius 3 is 2.89 bits per heavy atom. The van der Waals surface area contributed by atoms with E-state index < -0.39 is 0 Å². The molecule has 0 unspecified atom stereocenters. The molecule has 0 aromatic carbocycles. The van der Waals surface area contributed by atoms with Crippen LogP contribution >= 0.6 is 0 Å². The Kier molecular flexibility index (Phi) is 1.15. The van der Waals surface area contributed by atoms with E-state index >= 15 is 0 Å². The van der Waals surface area contributed by atoms with Gasteiger partial charge in [0.15, 0.2) is 0 Å². The van der Waals surface area contributed by atoms with Crippen molar-refractivity contribution in [3.05, 3.63) is 11.6 Å². The topological polar surface area (TPSA) is 12.4 Å². The van der Waals surface area contributed by atoms with Crippen molar-refractivity contribution in [1.82, 2.24) is 0 Å². The summed E-state index contributed by atoms with van der Waals surface area (Å²) in [4.78, 5) is 4.23. The van der Waals surface area contributed by atoms with Crippen LogP contribution in [0.4, 0.5) is 0 Å². The molecule has 1 heteroatoms.